The molecule has 1 rings (SSSR count). The Labute approximate surface area is 460 Å². The van der Waals surface area contributed by atoms with Gasteiger partial charge in [0.05, 0.1) is 25.4 Å². The van der Waals surface area contributed by atoms with Crippen LogP contribution in [0.15, 0.2) is 97.2 Å². The van der Waals surface area contributed by atoms with Crippen LogP contribution < -0.4 is 5.32 Å². The third-order valence-corrected chi connectivity index (χ3v) is 14.1. The second-order valence-electron chi connectivity index (χ2n) is 21.1. The number of ether oxygens (including phenoxy) is 2. The second-order valence-corrected chi connectivity index (χ2v) is 21.1. The molecule has 0 aliphatic carbocycles. The summed E-state index contributed by atoms with van der Waals surface area (Å²) in [6.07, 6.45) is 72.0. The Balaban J connectivity index is 2.25. The number of rotatable bonds is 52. The zero-order valence-corrected chi connectivity index (χ0v) is 48.0. The van der Waals surface area contributed by atoms with Crippen LogP contribution in [0.3, 0.4) is 0 Å². The van der Waals surface area contributed by atoms with Gasteiger partial charge in [-0.15, -0.1) is 0 Å². The molecule has 1 amide bonds. The minimum atomic E-state index is -1.58. The molecule has 75 heavy (non-hydrogen) atoms. The van der Waals surface area contributed by atoms with Crippen LogP contribution in [-0.4, -0.2) is 87.5 Å². The van der Waals surface area contributed by atoms with E-state index in [-0.39, 0.29) is 12.5 Å². The highest BCUT2D eigenvalue weighted by Crippen LogP contribution is 2.23. The summed E-state index contributed by atoms with van der Waals surface area (Å²) in [6.45, 7) is 3.65. The van der Waals surface area contributed by atoms with Crippen molar-refractivity contribution in [1.29, 1.82) is 0 Å². The van der Waals surface area contributed by atoms with Gasteiger partial charge in [0, 0.05) is 6.42 Å². The van der Waals surface area contributed by atoms with Crippen LogP contribution in [0.2, 0.25) is 0 Å². The van der Waals surface area contributed by atoms with E-state index in [0.29, 0.717) is 6.42 Å². The van der Waals surface area contributed by atoms with Crippen molar-refractivity contribution in [3.63, 3.8) is 0 Å². The molecule has 0 aromatic carbocycles. The Kier molecular flexibility index (Phi) is 50.9. The van der Waals surface area contributed by atoms with Crippen LogP contribution >= 0.6 is 0 Å². The lowest BCUT2D eigenvalue weighted by atomic mass is 9.99. The molecule has 7 atom stereocenters. The molecule has 0 spiro atoms. The fourth-order valence-electron chi connectivity index (χ4n) is 9.28. The molecule has 1 heterocycles. The van der Waals surface area contributed by atoms with Gasteiger partial charge in [-0.25, -0.2) is 0 Å². The van der Waals surface area contributed by atoms with Crippen molar-refractivity contribution in [3.05, 3.63) is 97.2 Å². The smallest absolute Gasteiger partial charge is 0.220 e. The van der Waals surface area contributed by atoms with Crippen molar-refractivity contribution in [2.45, 2.75) is 301 Å². The topological polar surface area (TPSA) is 149 Å². The molecule has 1 aliphatic rings. The van der Waals surface area contributed by atoms with Crippen molar-refractivity contribution >= 4 is 5.91 Å². The number of aliphatic hydroxyl groups is 5. The van der Waals surface area contributed by atoms with E-state index in [2.05, 4.69) is 104 Å². The maximum atomic E-state index is 13.1. The molecule has 0 bridgehead atoms. The van der Waals surface area contributed by atoms with Crippen LogP contribution in [0.4, 0.5) is 0 Å². The number of allylic oxidation sites excluding steroid dienone is 15. The molecule has 0 aromatic heterocycles. The highest BCUT2D eigenvalue weighted by molar-refractivity contribution is 5.76. The Morgan fingerprint density at radius 2 is 0.840 bits per heavy atom. The number of unbranched alkanes of at least 4 members (excludes halogenated alkanes) is 28. The maximum Gasteiger partial charge on any atom is 0.220 e. The second kappa shape index (κ2) is 54.5. The van der Waals surface area contributed by atoms with E-state index < -0.39 is 49.5 Å². The van der Waals surface area contributed by atoms with Gasteiger partial charge in [0.1, 0.15) is 24.4 Å². The predicted molar refractivity (Wildman–Crippen MR) is 318 cm³/mol. The molecule has 1 saturated heterocycles. The standard InChI is InChI=1S/C66H115NO8/c1-3-5-7-9-11-13-15-17-19-21-23-25-27-28-29-30-31-32-34-35-37-39-41-43-45-47-49-51-53-55-60(69)59(58-74-66-65(73)64(72)63(71)61(57-68)75-66)67-62(70)56-54-52-50-48-46-44-42-40-38-36-33-26-24-22-20-18-16-14-12-10-8-6-4-2/h6,8,12,14,18,20,24,26,36-39,45,47,53,55,59-61,63-66,68-69,71-73H,3-5,7,9-11,13,15-17,19,21-23,25,27-35,40-44,46,48-52,54,56-58H2,1-2H3,(H,67,70)/b8-6-,14-12-,20-18-,26-24-,38-36-,39-37+,47-45+,55-53+. The molecule has 0 radical (unpaired) electrons. The summed E-state index contributed by atoms with van der Waals surface area (Å²) in [5.74, 6) is -0.204. The maximum absolute atomic E-state index is 13.1. The zero-order valence-electron chi connectivity index (χ0n) is 48.0. The third kappa shape index (κ3) is 43.7. The lowest BCUT2D eigenvalue weighted by Gasteiger charge is -2.40. The van der Waals surface area contributed by atoms with Crippen molar-refractivity contribution in [2.24, 2.45) is 0 Å². The molecule has 0 aromatic rings. The minimum Gasteiger partial charge on any atom is -0.394 e. The average molecular weight is 1050 g/mol. The van der Waals surface area contributed by atoms with E-state index in [1.165, 1.54) is 148 Å². The van der Waals surface area contributed by atoms with Crippen molar-refractivity contribution in [3.8, 4) is 0 Å². The van der Waals surface area contributed by atoms with Crippen LogP contribution in [0.5, 0.6) is 0 Å². The summed E-state index contributed by atoms with van der Waals surface area (Å²) in [5.41, 5.74) is 0. The zero-order chi connectivity index (χ0) is 54.3. The van der Waals surface area contributed by atoms with Gasteiger partial charge in [-0.1, -0.05) is 259 Å². The minimum absolute atomic E-state index is 0.204. The first kappa shape index (κ1) is 70.1. The number of carbonyl (C=O) groups is 1. The van der Waals surface area contributed by atoms with E-state index in [1.54, 1.807) is 6.08 Å². The quantitative estimate of drug-likeness (QED) is 0.0261. The summed E-state index contributed by atoms with van der Waals surface area (Å²) < 4.78 is 11.3. The summed E-state index contributed by atoms with van der Waals surface area (Å²) in [4.78, 5) is 13.1. The van der Waals surface area contributed by atoms with Crippen molar-refractivity contribution in [2.75, 3.05) is 13.2 Å². The lowest BCUT2D eigenvalue weighted by molar-refractivity contribution is -0.302. The molecule has 0 saturated carbocycles. The first-order valence-electron chi connectivity index (χ1n) is 31.0. The number of amides is 1. The number of hydrogen-bond donors (Lipinski definition) is 6. The van der Waals surface area contributed by atoms with E-state index in [9.17, 15) is 30.3 Å². The molecule has 9 heteroatoms. The molecule has 9 nitrogen and oxygen atoms in total. The van der Waals surface area contributed by atoms with Gasteiger partial charge in [0.2, 0.25) is 5.91 Å². The van der Waals surface area contributed by atoms with Gasteiger partial charge in [0.15, 0.2) is 6.29 Å². The monoisotopic (exact) mass is 1050 g/mol. The Morgan fingerprint density at radius 1 is 0.467 bits per heavy atom. The first-order chi connectivity index (χ1) is 36.8. The summed E-state index contributed by atoms with van der Waals surface area (Å²) in [7, 11) is 0. The van der Waals surface area contributed by atoms with E-state index >= 15 is 0 Å². The largest absolute Gasteiger partial charge is 0.394 e. The Hall–Kier alpha value is -2.89. The molecule has 7 unspecified atom stereocenters. The number of carbonyl (C=O) groups excluding carboxylic acids is 1. The molecule has 1 fully saturated rings. The van der Waals surface area contributed by atoms with Crippen LogP contribution in [0.1, 0.15) is 258 Å². The highest BCUT2D eigenvalue weighted by Gasteiger charge is 2.44. The molecular weight excluding hydrogens is 935 g/mol. The van der Waals surface area contributed by atoms with E-state index in [4.69, 9.17) is 9.47 Å². The third-order valence-electron chi connectivity index (χ3n) is 14.1. The molecule has 1 aliphatic heterocycles. The summed E-state index contributed by atoms with van der Waals surface area (Å²) >= 11 is 0. The van der Waals surface area contributed by atoms with Crippen molar-refractivity contribution < 1.29 is 39.8 Å². The number of aliphatic hydroxyl groups excluding tert-OH is 5. The Bertz CT molecular complexity index is 1500. The average Bonchev–Trinajstić information content (AvgIpc) is 3.41. The van der Waals surface area contributed by atoms with Gasteiger partial charge >= 0.3 is 0 Å². The number of hydrogen-bond acceptors (Lipinski definition) is 8. The fraction of sp³-hybridized carbons (Fsp3) is 0.742. The SMILES string of the molecule is CC/C=C\C/C=C\C/C=C\C/C=C\C/C=C\CCCCCCCCCC(=O)NC(COC1OC(CO)C(O)C(O)C1O)C(O)/C=C/CC/C=C/CC/C=C/CCCCCCCCCCCCCCCCCCCCC. The van der Waals surface area contributed by atoms with Crippen LogP contribution in [0.25, 0.3) is 0 Å². The van der Waals surface area contributed by atoms with Gasteiger partial charge in [0.25, 0.3) is 0 Å². The van der Waals surface area contributed by atoms with Gasteiger partial charge in [-0.2, -0.15) is 0 Å². The van der Waals surface area contributed by atoms with Gasteiger partial charge in [-0.05, 0) is 89.9 Å². The van der Waals surface area contributed by atoms with Gasteiger partial charge in [-0.3, -0.25) is 4.79 Å². The summed E-state index contributed by atoms with van der Waals surface area (Å²) in [6, 6.07) is -0.842. The summed E-state index contributed by atoms with van der Waals surface area (Å²) in [5, 5.41) is 54.6. The molecular formula is C66H115NO8. The van der Waals surface area contributed by atoms with E-state index in [1.807, 2.05) is 6.08 Å². The first-order valence-corrected chi connectivity index (χ1v) is 31.0. The Morgan fingerprint density at radius 3 is 1.28 bits per heavy atom. The highest BCUT2D eigenvalue weighted by atomic mass is 16.7. The predicted octanol–water partition coefficient (Wildman–Crippen LogP) is 16.0. The van der Waals surface area contributed by atoms with Crippen LogP contribution in [0, 0.1) is 0 Å². The molecule has 432 valence electrons. The molecule has 6 N–H and O–H groups in total. The van der Waals surface area contributed by atoms with Crippen LogP contribution in [-0.2, 0) is 14.3 Å². The van der Waals surface area contributed by atoms with Crippen molar-refractivity contribution in [1.82, 2.24) is 5.32 Å². The number of nitrogens with one attached hydrogen (secondary N) is 1. The fourth-order valence-corrected chi connectivity index (χ4v) is 9.28. The lowest BCUT2D eigenvalue weighted by Crippen LogP contribution is -2.60. The van der Waals surface area contributed by atoms with E-state index in [0.717, 1.165) is 89.9 Å². The normalized spacial score (nSPS) is 19.6. The van der Waals surface area contributed by atoms with Gasteiger partial charge < -0.3 is 40.3 Å².